The molecule has 0 unspecified atom stereocenters. The third-order valence-corrected chi connectivity index (χ3v) is 5.76. The number of carbonyl (C=O) groups is 1. The Hall–Kier alpha value is -2.67. The molecule has 1 amide bonds. The summed E-state index contributed by atoms with van der Waals surface area (Å²) in [7, 11) is 0. The number of anilines is 1. The van der Waals surface area contributed by atoms with Crippen molar-refractivity contribution in [3.05, 3.63) is 53.2 Å². The highest BCUT2D eigenvalue weighted by atomic mass is 32.1. The number of piperazine rings is 1. The monoisotopic (exact) mass is 382 g/mol. The Morgan fingerprint density at radius 2 is 1.96 bits per heavy atom. The first-order valence-corrected chi connectivity index (χ1v) is 10.00. The molecule has 0 spiro atoms. The molecule has 1 aliphatic heterocycles. The number of hydrogen-bond acceptors (Lipinski definition) is 6. The molecule has 0 radical (unpaired) electrons. The first-order valence-electron chi connectivity index (χ1n) is 9.12. The van der Waals surface area contributed by atoms with Gasteiger partial charge in [-0.2, -0.15) is 0 Å². The van der Waals surface area contributed by atoms with Crippen molar-refractivity contribution in [2.45, 2.75) is 13.3 Å². The van der Waals surface area contributed by atoms with E-state index in [1.54, 1.807) is 22.6 Å². The minimum Gasteiger partial charge on any atom is -0.449 e. The normalized spacial score (nSPS) is 14.6. The number of carbonyl (C=O) groups excluding carboxylic acids is 1. The Morgan fingerprint density at radius 1 is 1.15 bits per heavy atom. The number of hydrogen-bond donors (Lipinski definition) is 0. The van der Waals surface area contributed by atoms with Crippen LogP contribution in [-0.2, 0) is 11.2 Å². The second kappa shape index (κ2) is 7.92. The Morgan fingerprint density at radius 3 is 2.78 bits per heavy atom. The second-order valence-corrected chi connectivity index (χ2v) is 7.50. The van der Waals surface area contributed by atoms with Gasteiger partial charge in [0, 0.05) is 32.6 Å². The van der Waals surface area contributed by atoms with Crippen LogP contribution in [0, 0.1) is 6.92 Å². The van der Waals surface area contributed by atoms with Gasteiger partial charge in [0.05, 0.1) is 12.0 Å². The number of amides is 1. The second-order valence-electron chi connectivity index (χ2n) is 6.60. The number of nitrogens with zero attached hydrogens (tertiary/aromatic N) is 4. The maximum absolute atomic E-state index is 12.3. The summed E-state index contributed by atoms with van der Waals surface area (Å²) >= 11 is 1.62. The summed E-state index contributed by atoms with van der Waals surface area (Å²) < 4.78 is 5.48. The standard InChI is InChI=1S/C20H22N4O2S/c1-15-4-2-3-5-16(15)6-12-26-20(25)24-10-8-23(9-11-24)18-17-7-13-27-19(17)22-14-21-18/h2-5,7,13-14H,6,8-12H2,1H3. The minimum atomic E-state index is -0.230. The van der Waals surface area contributed by atoms with E-state index in [2.05, 4.69) is 40.0 Å². The third kappa shape index (κ3) is 3.88. The van der Waals surface area contributed by atoms with E-state index in [4.69, 9.17) is 4.74 Å². The van der Waals surface area contributed by atoms with Gasteiger partial charge < -0.3 is 14.5 Å². The molecule has 0 saturated carbocycles. The highest BCUT2D eigenvalue weighted by Crippen LogP contribution is 2.27. The van der Waals surface area contributed by atoms with Crippen LogP contribution in [0.1, 0.15) is 11.1 Å². The first kappa shape index (κ1) is 17.7. The molecule has 6 nitrogen and oxygen atoms in total. The van der Waals surface area contributed by atoms with E-state index in [1.165, 1.54) is 11.1 Å². The zero-order chi connectivity index (χ0) is 18.6. The molecule has 3 heterocycles. The van der Waals surface area contributed by atoms with E-state index < -0.39 is 0 Å². The molecule has 4 rings (SSSR count). The van der Waals surface area contributed by atoms with Gasteiger partial charge in [-0.3, -0.25) is 0 Å². The van der Waals surface area contributed by atoms with Crippen LogP contribution in [0.3, 0.4) is 0 Å². The molecule has 0 aliphatic carbocycles. The molecule has 27 heavy (non-hydrogen) atoms. The van der Waals surface area contributed by atoms with Crippen molar-refractivity contribution < 1.29 is 9.53 Å². The van der Waals surface area contributed by atoms with Gasteiger partial charge >= 0.3 is 6.09 Å². The number of benzene rings is 1. The van der Waals surface area contributed by atoms with Crippen molar-refractivity contribution in [1.29, 1.82) is 0 Å². The summed E-state index contributed by atoms with van der Waals surface area (Å²) in [5, 5.41) is 3.11. The van der Waals surface area contributed by atoms with Crippen molar-refractivity contribution in [3.63, 3.8) is 0 Å². The fraction of sp³-hybridized carbons (Fsp3) is 0.350. The molecule has 140 valence electrons. The molecular weight excluding hydrogens is 360 g/mol. The lowest BCUT2D eigenvalue weighted by Gasteiger charge is -2.34. The summed E-state index contributed by atoms with van der Waals surface area (Å²) in [6.07, 6.45) is 2.13. The van der Waals surface area contributed by atoms with Gasteiger partial charge in [0.2, 0.25) is 0 Å². The topological polar surface area (TPSA) is 58.6 Å². The van der Waals surface area contributed by atoms with Crippen LogP contribution in [0.15, 0.2) is 42.0 Å². The van der Waals surface area contributed by atoms with E-state index in [0.717, 1.165) is 35.5 Å². The summed E-state index contributed by atoms with van der Waals surface area (Å²) in [4.78, 5) is 26.1. The van der Waals surface area contributed by atoms with Crippen LogP contribution in [0.5, 0.6) is 0 Å². The number of ether oxygens (including phenoxy) is 1. The van der Waals surface area contributed by atoms with E-state index >= 15 is 0 Å². The first-order chi connectivity index (χ1) is 13.2. The van der Waals surface area contributed by atoms with Crippen molar-refractivity contribution in [2.24, 2.45) is 0 Å². The highest BCUT2D eigenvalue weighted by molar-refractivity contribution is 7.16. The molecule has 1 aromatic carbocycles. The van der Waals surface area contributed by atoms with E-state index in [0.29, 0.717) is 19.7 Å². The largest absolute Gasteiger partial charge is 0.449 e. The third-order valence-electron chi connectivity index (χ3n) is 4.94. The van der Waals surface area contributed by atoms with Crippen LogP contribution in [-0.4, -0.2) is 53.7 Å². The van der Waals surface area contributed by atoms with E-state index in [-0.39, 0.29) is 6.09 Å². The number of thiophene rings is 1. The Balaban J connectivity index is 1.29. The smallest absolute Gasteiger partial charge is 0.409 e. The van der Waals surface area contributed by atoms with Gasteiger partial charge in [-0.15, -0.1) is 11.3 Å². The van der Waals surface area contributed by atoms with Crippen molar-refractivity contribution in [2.75, 3.05) is 37.7 Å². The van der Waals surface area contributed by atoms with Crippen molar-refractivity contribution in [1.82, 2.24) is 14.9 Å². The summed E-state index contributed by atoms with van der Waals surface area (Å²) in [5.74, 6) is 0.953. The van der Waals surface area contributed by atoms with Crippen molar-refractivity contribution in [3.8, 4) is 0 Å². The average Bonchev–Trinajstić information content (AvgIpc) is 3.18. The average molecular weight is 382 g/mol. The summed E-state index contributed by atoms with van der Waals surface area (Å²) in [6, 6.07) is 10.2. The van der Waals surface area contributed by atoms with Crippen LogP contribution >= 0.6 is 11.3 Å². The molecule has 1 aliphatic rings. The minimum absolute atomic E-state index is 0.230. The van der Waals surface area contributed by atoms with Gasteiger partial charge in [-0.25, -0.2) is 14.8 Å². The molecule has 0 bridgehead atoms. The molecular formula is C20H22N4O2S. The predicted molar refractivity (Wildman–Crippen MR) is 107 cm³/mol. The van der Waals surface area contributed by atoms with Crippen LogP contribution in [0.25, 0.3) is 10.2 Å². The number of aromatic nitrogens is 2. The van der Waals surface area contributed by atoms with Crippen LogP contribution in [0.4, 0.5) is 10.6 Å². The lowest BCUT2D eigenvalue weighted by atomic mass is 10.1. The SMILES string of the molecule is Cc1ccccc1CCOC(=O)N1CCN(c2ncnc3sccc23)CC1. The lowest BCUT2D eigenvalue weighted by molar-refractivity contribution is 0.101. The molecule has 0 N–H and O–H groups in total. The molecule has 7 heteroatoms. The fourth-order valence-corrected chi connectivity index (χ4v) is 4.09. The van der Waals surface area contributed by atoms with E-state index in [1.807, 2.05) is 17.5 Å². The lowest BCUT2D eigenvalue weighted by Crippen LogP contribution is -2.49. The molecule has 0 atom stereocenters. The number of rotatable bonds is 4. The summed E-state index contributed by atoms with van der Waals surface area (Å²) in [5.41, 5.74) is 2.45. The zero-order valence-electron chi connectivity index (χ0n) is 15.3. The molecule has 3 aromatic rings. The predicted octanol–water partition coefficient (Wildman–Crippen LogP) is 3.50. The van der Waals surface area contributed by atoms with Crippen LogP contribution in [0.2, 0.25) is 0 Å². The zero-order valence-corrected chi connectivity index (χ0v) is 16.1. The molecule has 1 fully saturated rings. The maximum atomic E-state index is 12.3. The summed E-state index contributed by atoms with van der Waals surface area (Å²) in [6.45, 7) is 5.25. The number of fused-ring (bicyclic) bond motifs is 1. The highest BCUT2D eigenvalue weighted by Gasteiger charge is 2.24. The fourth-order valence-electron chi connectivity index (χ4n) is 3.36. The Labute approximate surface area is 162 Å². The Bertz CT molecular complexity index is 934. The number of aryl methyl sites for hydroxylation is 1. The van der Waals surface area contributed by atoms with Crippen LogP contribution < -0.4 is 4.90 Å². The Kier molecular flexibility index (Phi) is 5.20. The van der Waals surface area contributed by atoms with Gasteiger partial charge in [0.15, 0.2) is 0 Å². The maximum Gasteiger partial charge on any atom is 0.409 e. The molecule has 2 aromatic heterocycles. The van der Waals surface area contributed by atoms with Gasteiger partial charge in [-0.1, -0.05) is 24.3 Å². The van der Waals surface area contributed by atoms with Crippen molar-refractivity contribution >= 4 is 33.5 Å². The van der Waals surface area contributed by atoms with Gasteiger partial charge in [-0.05, 0) is 29.5 Å². The quantitative estimate of drug-likeness (QED) is 0.691. The van der Waals surface area contributed by atoms with Gasteiger partial charge in [0.1, 0.15) is 17.0 Å². The van der Waals surface area contributed by atoms with Gasteiger partial charge in [0.25, 0.3) is 0 Å². The molecule has 1 saturated heterocycles. The van der Waals surface area contributed by atoms with E-state index in [9.17, 15) is 4.79 Å².